The van der Waals surface area contributed by atoms with Crippen LogP contribution in [0.25, 0.3) is 0 Å². The number of hydrogen-bond acceptors (Lipinski definition) is 5. The smallest absolute Gasteiger partial charge is 0.339 e. The van der Waals surface area contributed by atoms with Crippen molar-refractivity contribution in [2.75, 3.05) is 0 Å². The molecular formula is C13H14N2O5. The van der Waals surface area contributed by atoms with Crippen molar-refractivity contribution < 1.29 is 23.6 Å². The Kier molecular flexibility index (Phi) is 3.88. The van der Waals surface area contributed by atoms with Crippen LogP contribution in [0.3, 0.4) is 0 Å². The van der Waals surface area contributed by atoms with Gasteiger partial charge in [-0.1, -0.05) is 12.1 Å². The molecule has 0 aliphatic heterocycles. The number of carboxylic acid groups (broad SMARTS) is 1. The van der Waals surface area contributed by atoms with Gasteiger partial charge in [-0.2, -0.15) is 0 Å². The molecular weight excluding hydrogens is 264 g/mol. The first kappa shape index (κ1) is 13.9. The second-order valence-electron chi connectivity index (χ2n) is 4.22. The maximum atomic E-state index is 11.9. The molecule has 0 aliphatic carbocycles. The predicted molar refractivity (Wildman–Crippen MR) is 67.5 cm³/mol. The largest absolute Gasteiger partial charge is 0.478 e. The highest BCUT2D eigenvalue weighted by Gasteiger charge is 2.20. The van der Waals surface area contributed by atoms with Crippen molar-refractivity contribution in [1.29, 1.82) is 0 Å². The minimum atomic E-state index is -1.12. The van der Waals surface area contributed by atoms with E-state index in [0.717, 1.165) is 0 Å². The van der Waals surface area contributed by atoms with Crippen LogP contribution in [0.15, 0.2) is 21.1 Å². The Balaban J connectivity index is 2.07. The molecule has 7 heteroatoms. The first-order valence-electron chi connectivity index (χ1n) is 6.07. The topological polar surface area (TPSA) is 106 Å². The fourth-order valence-electron chi connectivity index (χ4n) is 1.74. The van der Waals surface area contributed by atoms with Gasteiger partial charge in [0.05, 0.1) is 12.2 Å². The average Bonchev–Trinajstić information content (AvgIpc) is 3.01. The van der Waals surface area contributed by atoms with Gasteiger partial charge in [-0.15, -0.1) is 0 Å². The minimum Gasteiger partial charge on any atom is -0.478 e. The third kappa shape index (κ3) is 2.87. The number of nitrogens with zero attached hydrogens (tertiary/aromatic N) is 1. The maximum absolute atomic E-state index is 11.9. The Morgan fingerprint density at radius 3 is 2.65 bits per heavy atom. The van der Waals surface area contributed by atoms with Gasteiger partial charge < -0.3 is 19.4 Å². The van der Waals surface area contributed by atoms with Crippen LogP contribution in [0.5, 0.6) is 0 Å². The molecule has 0 aliphatic rings. The minimum absolute atomic E-state index is 0.00756. The number of hydrogen-bond donors (Lipinski definition) is 2. The molecule has 2 aromatic heterocycles. The quantitative estimate of drug-likeness (QED) is 0.863. The molecule has 0 bridgehead atoms. The van der Waals surface area contributed by atoms with Gasteiger partial charge in [-0.05, 0) is 6.92 Å². The number of nitrogens with one attached hydrogen (secondary N) is 1. The van der Waals surface area contributed by atoms with Gasteiger partial charge in [-0.3, -0.25) is 4.79 Å². The second kappa shape index (κ2) is 5.60. The lowest BCUT2D eigenvalue weighted by atomic mass is 10.2. The molecule has 2 rings (SSSR count). The van der Waals surface area contributed by atoms with E-state index < -0.39 is 11.9 Å². The molecule has 2 heterocycles. The summed E-state index contributed by atoms with van der Waals surface area (Å²) in [4.78, 5) is 22.9. The van der Waals surface area contributed by atoms with E-state index in [1.807, 2.05) is 0 Å². The highest BCUT2D eigenvalue weighted by molar-refractivity contribution is 5.96. The van der Waals surface area contributed by atoms with E-state index in [2.05, 4.69) is 10.5 Å². The van der Waals surface area contributed by atoms with Crippen molar-refractivity contribution in [2.45, 2.75) is 26.8 Å². The van der Waals surface area contributed by atoms with Gasteiger partial charge in [0.25, 0.3) is 5.91 Å². The SMILES string of the molecule is CCc1oc(C(=O)NCc2cc(C)no2)cc1C(=O)O. The van der Waals surface area contributed by atoms with Crippen molar-refractivity contribution in [1.82, 2.24) is 10.5 Å². The molecule has 2 N–H and O–H groups in total. The van der Waals surface area contributed by atoms with Crippen LogP contribution in [-0.4, -0.2) is 22.1 Å². The van der Waals surface area contributed by atoms with Crippen molar-refractivity contribution in [2.24, 2.45) is 0 Å². The number of furan rings is 1. The summed E-state index contributed by atoms with van der Waals surface area (Å²) in [5, 5.41) is 15.3. The van der Waals surface area contributed by atoms with E-state index in [0.29, 0.717) is 17.9 Å². The summed E-state index contributed by atoms with van der Waals surface area (Å²) in [5.41, 5.74) is 0.724. The Morgan fingerprint density at radius 1 is 1.40 bits per heavy atom. The zero-order chi connectivity index (χ0) is 14.7. The van der Waals surface area contributed by atoms with Gasteiger partial charge in [-0.25, -0.2) is 4.79 Å². The number of aryl methyl sites for hydroxylation is 2. The lowest BCUT2D eigenvalue weighted by Gasteiger charge is -1.99. The number of carbonyl (C=O) groups is 2. The molecule has 1 amide bonds. The van der Waals surface area contributed by atoms with Crippen molar-refractivity contribution >= 4 is 11.9 Å². The van der Waals surface area contributed by atoms with Crippen LogP contribution < -0.4 is 5.32 Å². The highest BCUT2D eigenvalue weighted by Crippen LogP contribution is 2.16. The highest BCUT2D eigenvalue weighted by atomic mass is 16.5. The normalized spacial score (nSPS) is 10.5. The van der Waals surface area contributed by atoms with Crippen LogP contribution >= 0.6 is 0 Å². The van der Waals surface area contributed by atoms with E-state index in [9.17, 15) is 9.59 Å². The van der Waals surface area contributed by atoms with Gasteiger partial charge in [0.2, 0.25) is 0 Å². The Labute approximate surface area is 114 Å². The zero-order valence-electron chi connectivity index (χ0n) is 11.1. The van der Waals surface area contributed by atoms with E-state index in [1.165, 1.54) is 6.07 Å². The van der Waals surface area contributed by atoms with Crippen molar-refractivity contribution in [3.05, 3.63) is 40.7 Å². The lowest BCUT2D eigenvalue weighted by Crippen LogP contribution is -2.22. The van der Waals surface area contributed by atoms with E-state index in [4.69, 9.17) is 14.0 Å². The molecule has 0 saturated heterocycles. The first-order valence-corrected chi connectivity index (χ1v) is 6.07. The Hall–Kier alpha value is -2.57. The monoisotopic (exact) mass is 278 g/mol. The molecule has 106 valence electrons. The molecule has 0 saturated carbocycles. The molecule has 2 aromatic rings. The fraction of sp³-hybridized carbons (Fsp3) is 0.308. The molecule has 0 spiro atoms. The van der Waals surface area contributed by atoms with Gasteiger partial charge in [0.15, 0.2) is 11.5 Å². The van der Waals surface area contributed by atoms with E-state index >= 15 is 0 Å². The molecule has 0 aromatic carbocycles. The van der Waals surface area contributed by atoms with Crippen LogP contribution in [0, 0.1) is 6.92 Å². The molecule has 0 fully saturated rings. The first-order chi connectivity index (χ1) is 9.51. The molecule has 0 radical (unpaired) electrons. The summed E-state index contributed by atoms with van der Waals surface area (Å²) in [6, 6.07) is 2.92. The maximum Gasteiger partial charge on any atom is 0.339 e. The fourth-order valence-corrected chi connectivity index (χ4v) is 1.74. The van der Waals surface area contributed by atoms with Gasteiger partial charge in [0.1, 0.15) is 11.3 Å². The molecule has 0 atom stereocenters. The number of amides is 1. The Morgan fingerprint density at radius 2 is 2.15 bits per heavy atom. The third-order valence-electron chi connectivity index (χ3n) is 2.68. The predicted octanol–water partition coefficient (Wildman–Crippen LogP) is 1.77. The van der Waals surface area contributed by atoms with Crippen molar-refractivity contribution in [3.8, 4) is 0 Å². The molecule has 7 nitrogen and oxygen atoms in total. The molecule has 20 heavy (non-hydrogen) atoms. The number of rotatable bonds is 5. The van der Waals surface area contributed by atoms with Gasteiger partial charge in [0, 0.05) is 18.6 Å². The summed E-state index contributed by atoms with van der Waals surface area (Å²) in [6.07, 6.45) is 0.399. The van der Waals surface area contributed by atoms with Gasteiger partial charge >= 0.3 is 5.97 Å². The third-order valence-corrected chi connectivity index (χ3v) is 2.68. The number of aromatic carboxylic acids is 1. The Bertz CT molecular complexity index is 641. The second-order valence-corrected chi connectivity index (χ2v) is 4.22. The number of carboxylic acids is 1. The van der Waals surface area contributed by atoms with E-state index in [1.54, 1.807) is 19.9 Å². The molecule has 0 unspecified atom stereocenters. The zero-order valence-corrected chi connectivity index (χ0v) is 11.1. The summed E-state index contributed by atoms with van der Waals surface area (Å²) < 4.78 is 10.2. The van der Waals surface area contributed by atoms with Crippen LogP contribution in [-0.2, 0) is 13.0 Å². The summed E-state index contributed by atoms with van der Waals surface area (Å²) in [5.74, 6) is -0.859. The van der Waals surface area contributed by atoms with Crippen LogP contribution in [0.1, 0.15) is 45.1 Å². The average molecular weight is 278 g/mol. The summed E-state index contributed by atoms with van der Waals surface area (Å²) in [6.45, 7) is 3.68. The standard InChI is InChI=1S/C13H14N2O5/c1-3-10-9(13(17)18)5-11(19-10)12(16)14-6-8-4-7(2)15-20-8/h4-5H,3,6H2,1-2H3,(H,14,16)(H,17,18). The van der Waals surface area contributed by atoms with Crippen LogP contribution in [0.2, 0.25) is 0 Å². The van der Waals surface area contributed by atoms with Crippen LogP contribution in [0.4, 0.5) is 0 Å². The van der Waals surface area contributed by atoms with Crippen molar-refractivity contribution in [3.63, 3.8) is 0 Å². The van der Waals surface area contributed by atoms with E-state index in [-0.39, 0.29) is 23.6 Å². The summed E-state index contributed by atoms with van der Waals surface area (Å²) in [7, 11) is 0. The number of carbonyl (C=O) groups excluding carboxylic acids is 1. The number of aromatic nitrogens is 1. The summed E-state index contributed by atoms with van der Waals surface area (Å²) >= 11 is 0. The lowest BCUT2D eigenvalue weighted by molar-refractivity contribution is 0.0694.